The number of ether oxygens (including phenoxy) is 1. The predicted octanol–water partition coefficient (Wildman–Crippen LogP) is 5.34. The minimum Gasteiger partial charge on any atom is -0.462 e. The summed E-state index contributed by atoms with van der Waals surface area (Å²) in [5.74, 6) is -0.788. The van der Waals surface area contributed by atoms with E-state index in [1.807, 2.05) is 44.2 Å². The van der Waals surface area contributed by atoms with Crippen LogP contribution in [0.1, 0.15) is 56.1 Å². The Labute approximate surface area is 196 Å². The van der Waals surface area contributed by atoms with Crippen LogP contribution in [0.2, 0.25) is 0 Å². The summed E-state index contributed by atoms with van der Waals surface area (Å²) in [5, 5.41) is 0.447. The molecule has 1 aliphatic rings. The molecule has 0 bridgehead atoms. The van der Waals surface area contributed by atoms with Crippen molar-refractivity contribution in [2.45, 2.75) is 26.8 Å². The highest BCUT2D eigenvalue weighted by molar-refractivity contribution is 6.10. The average Bonchev–Trinajstić information content (AvgIpc) is 3.13. The minimum absolute atomic E-state index is 0.0430. The highest BCUT2D eigenvalue weighted by Gasteiger charge is 2.43. The topological polar surface area (TPSA) is 76.8 Å². The fraction of sp³-hybridized carbons (Fsp3) is 0.179. The second kappa shape index (κ2) is 8.30. The van der Waals surface area contributed by atoms with Gasteiger partial charge in [-0.05, 0) is 62.7 Å². The second-order valence-corrected chi connectivity index (χ2v) is 8.43. The normalized spacial score (nSPS) is 15.0. The summed E-state index contributed by atoms with van der Waals surface area (Å²) in [6.45, 7) is 5.91. The minimum atomic E-state index is -0.655. The van der Waals surface area contributed by atoms with E-state index in [0.717, 1.165) is 16.7 Å². The molecule has 2 heterocycles. The number of nitrogens with zero attached hydrogens (tertiary/aromatic N) is 1. The molecule has 4 aromatic rings. The number of anilines is 1. The third-order valence-corrected chi connectivity index (χ3v) is 6.08. The zero-order valence-electron chi connectivity index (χ0n) is 19.1. The van der Waals surface area contributed by atoms with Crippen LogP contribution in [0.4, 0.5) is 5.69 Å². The van der Waals surface area contributed by atoms with E-state index in [-0.39, 0.29) is 17.8 Å². The molecule has 5 rings (SSSR count). The molecule has 1 unspecified atom stereocenters. The third-order valence-electron chi connectivity index (χ3n) is 6.08. The van der Waals surface area contributed by atoms with Crippen molar-refractivity contribution >= 4 is 28.5 Å². The fourth-order valence-electron chi connectivity index (χ4n) is 4.39. The lowest BCUT2D eigenvalue weighted by Crippen LogP contribution is -2.29. The van der Waals surface area contributed by atoms with Crippen LogP contribution in [-0.4, -0.2) is 18.5 Å². The second-order valence-electron chi connectivity index (χ2n) is 8.43. The maximum Gasteiger partial charge on any atom is 0.338 e. The molecule has 0 aliphatic carbocycles. The van der Waals surface area contributed by atoms with Gasteiger partial charge in [-0.3, -0.25) is 14.5 Å². The van der Waals surface area contributed by atoms with E-state index < -0.39 is 17.9 Å². The highest BCUT2D eigenvalue weighted by Crippen LogP contribution is 2.41. The van der Waals surface area contributed by atoms with Gasteiger partial charge in [0.05, 0.1) is 29.2 Å². The van der Waals surface area contributed by atoms with Crippen molar-refractivity contribution in [1.82, 2.24) is 0 Å². The van der Waals surface area contributed by atoms with E-state index >= 15 is 0 Å². The van der Waals surface area contributed by atoms with Crippen molar-refractivity contribution in [3.63, 3.8) is 0 Å². The molecule has 1 aromatic heterocycles. The molecule has 1 atom stereocenters. The molecule has 0 fully saturated rings. The summed E-state index contributed by atoms with van der Waals surface area (Å²) in [6, 6.07) is 19.0. The zero-order valence-corrected chi connectivity index (χ0v) is 19.1. The molecule has 6 nitrogen and oxygen atoms in total. The number of rotatable bonds is 4. The standard InChI is InChI=1S/C28H23NO5/c1-4-33-28(32)19-10-12-20(13-11-19)29-24(18-8-5-16(2)6-9-18)23-25(30)21-15-17(3)7-14-22(21)34-26(23)27(29)31/h5-15,24H,4H2,1-3H3. The van der Waals surface area contributed by atoms with E-state index in [2.05, 4.69) is 0 Å². The molecule has 3 aromatic carbocycles. The molecular formula is C28H23NO5. The molecule has 34 heavy (non-hydrogen) atoms. The lowest BCUT2D eigenvalue weighted by Gasteiger charge is -2.25. The Morgan fingerprint density at radius 2 is 1.62 bits per heavy atom. The van der Waals surface area contributed by atoms with E-state index in [4.69, 9.17) is 9.15 Å². The van der Waals surface area contributed by atoms with Gasteiger partial charge in [-0.1, -0.05) is 41.5 Å². The zero-order chi connectivity index (χ0) is 24.0. The summed E-state index contributed by atoms with van der Waals surface area (Å²) in [5.41, 5.74) is 4.22. The first-order chi connectivity index (χ1) is 16.4. The van der Waals surface area contributed by atoms with Gasteiger partial charge in [0.1, 0.15) is 5.58 Å². The number of aryl methyl sites for hydroxylation is 2. The van der Waals surface area contributed by atoms with E-state index in [9.17, 15) is 14.4 Å². The summed E-state index contributed by atoms with van der Waals surface area (Å²) < 4.78 is 11.1. The number of amides is 1. The molecule has 0 saturated carbocycles. The molecule has 6 heteroatoms. The van der Waals surface area contributed by atoms with Gasteiger partial charge in [-0.25, -0.2) is 4.79 Å². The van der Waals surface area contributed by atoms with Crippen molar-refractivity contribution < 1.29 is 18.7 Å². The van der Waals surface area contributed by atoms with Crippen molar-refractivity contribution in [1.29, 1.82) is 0 Å². The number of carbonyl (C=O) groups excluding carboxylic acids is 2. The van der Waals surface area contributed by atoms with Crippen LogP contribution >= 0.6 is 0 Å². The maximum atomic E-state index is 13.7. The van der Waals surface area contributed by atoms with Crippen LogP contribution in [0.25, 0.3) is 11.0 Å². The Morgan fingerprint density at radius 3 is 2.29 bits per heavy atom. The van der Waals surface area contributed by atoms with E-state index in [1.165, 1.54) is 0 Å². The van der Waals surface area contributed by atoms with Crippen molar-refractivity contribution in [2.24, 2.45) is 0 Å². The molecule has 1 aliphatic heterocycles. The Hall–Kier alpha value is -4.19. The maximum absolute atomic E-state index is 13.7. The van der Waals surface area contributed by atoms with E-state index in [0.29, 0.717) is 27.8 Å². The van der Waals surface area contributed by atoms with Gasteiger partial charge in [0.25, 0.3) is 5.91 Å². The van der Waals surface area contributed by atoms with Crippen molar-refractivity contribution in [2.75, 3.05) is 11.5 Å². The number of hydrogen-bond donors (Lipinski definition) is 0. The van der Waals surface area contributed by atoms with Gasteiger partial charge in [-0.2, -0.15) is 0 Å². The van der Waals surface area contributed by atoms with Crippen LogP contribution in [0.3, 0.4) is 0 Å². The van der Waals surface area contributed by atoms with Gasteiger partial charge in [0.2, 0.25) is 5.76 Å². The summed E-state index contributed by atoms with van der Waals surface area (Å²) in [7, 11) is 0. The number of benzene rings is 3. The summed E-state index contributed by atoms with van der Waals surface area (Å²) in [4.78, 5) is 40.9. The number of hydrogen-bond acceptors (Lipinski definition) is 5. The Morgan fingerprint density at radius 1 is 0.941 bits per heavy atom. The van der Waals surface area contributed by atoms with Crippen LogP contribution in [0.15, 0.2) is 75.9 Å². The van der Waals surface area contributed by atoms with Gasteiger partial charge in [-0.15, -0.1) is 0 Å². The number of esters is 1. The highest BCUT2D eigenvalue weighted by atomic mass is 16.5. The molecule has 0 N–H and O–H groups in total. The molecule has 0 radical (unpaired) electrons. The first kappa shape index (κ1) is 21.6. The van der Waals surface area contributed by atoms with Gasteiger partial charge in [0.15, 0.2) is 5.43 Å². The predicted molar refractivity (Wildman–Crippen MR) is 129 cm³/mol. The lowest BCUT2D eigenvalue weighted by atomic mass is 9.97. The molecular weight excluding hydrogens is 430 g/mol. The smallest absolute Gasteiger partial charge is 0.338 e. The first-order valence-electron chi connectivity index (χ1n) is 11.1. The molecule has 0 spiro atoms. The Bertz CT molecular complexity index is 1480. The van der Waals surface area contributed by atoms with Gasteiger partial charge < -0.3 is 9.15 Å². The van der Waals surface area contributed by atoms with Crippen molar-refractivity contribution in [3.8, 4) is 0 Å². The Kier molecular flexibility index (Phi) is 5.28. The van der Waals surface area contributed by atoms with Crippen molar-refractivity contribution in [3.05, 3.63) is 111 Å². The van der Waals surface area contributed by atoms with Crippen LogP contribution < -0.4 is 10.3 Å². The first-order valence-corrected chi connectivity index (χ1v) is 11.1. The Balaban J connectivity index is 1.70. The third kappa shape index (κ3) is 3.48. The average molecular weight is 453 g/mol. The van der Waals surface area contributed by atoms with Crippen LogP contribution in [0.5, 0.6) is 0 Å². The van der Waals surface area contributed by atoms with Crippen LogP contribution in [0, 0.1) is 13.8 Å². The molecule has 170 valence electrons. The number of fused-ring (bicyclic) bond motifs is 2. The number of carbonyl (C=O) groups is 2. The van der Waals surface area contributed by atoms with Gasteiger partial charge in [0, 0.05) is 5.69 Å². The fourth-order valence-corrected chi connectivity index (χ4v) is 4.39. The molecule has 0 saturated heterocycles. The largest absolute Gasteiger partial charge is 0.462 e. The summed E-state index contributed by atoms with van der Waals surface area (Å²) in [6.07, 6.45) is 0. The van der Waals surface area contributed by atoms with E-state index in [1.54, 1.807) is 48.2 Å². The lowest BCUT2D eigenvalue weighted by molar-refractivity contribution is 0.0526. The van der Waals surface area contributed by atoms with Crippen LogP contribution in [-0.2, 0) is 4.74 Å². The molecule has 1 amide bonds. The SMILES string of the molecule is CCOC(=O)c1ccc(N2C(=O)c3oc4ccc(C)cc4c(=O)c3C2c2ccc(C)cc2)cc1. The van der Waals surface area contributed by atoms with Gasteiger partial charge >= 0.3 is 5.97 Å². The summed E-state index contributed by atoms with van der Waals surface area (Å²) >= 11 is 0. The monoisotopic (exact) mass is 453 g/mol. The quantitative estimate of drug-likeness (QED) is 0.390.